The lowest BCUT2D eigenvalue weighted by Crippen LogP contribution is -2.56. The molecule has 0 saturated carbocycles. The number of rotatable bonds is 3. The Morgan fingerprint density at radius 2 is 2.06 bits per heavy atom. The smallest absolute Gasteiger partial charge is 0.408 e. The Hall–Kier alpha value is -1.10. The van der Waals surface area contributed by atoms with E-state index in [0.29, 0.717) is 12.9 Å². The Morgan fingerprint density at radius 3 is 2.47 bits per heavy atom. The number of alkyl carbamates (subject to hydrolysis) is 1. The SMILES string of the molecule is CC(C)(C)OC(=O)NC(C)(C=O)C1CCCO1. The highest BCUT2D eigenvalue weighted by molar-refractivity contribution is 5.77. The lowest BCUT2D eigenvalue weighted by molar-refractivity contribution is -0.117. The average molecular weight is 243 g/mol. The molecule has 0 aliphatic carbocycles. The zero-order valence-corrected chi connectivity index (χ0v) is 10.9. The highest BCUT2D eigenvalue weighted by atomic mass is 16.6. The van der Waals surface area contributed by atoms with E-state index in [2.05, 4.69) is 5.32 Å². The summed E-state index contributed by atoms with van der Waals surface area (Å²) in [6.45, 7) is 7.61. The number of carbonyl (C=O) groups is 2. The molecule has 0 aromatic carbocycles. The minimum Gasteiger partial charge on any atom is -0.444 e. The molecule has 0 radical (unpaired) electrons. The Kier molecular flexibility index (Phi) is 4.14. The Balaban J connectivity index is 2.62. The third kappa shape index (κ3) is 4.00. The normalized spacial score (nSPS) is 23.9. The summed E-state index contributed by atoms with van der Waals surface area (Å²) in [5.41, 5.74) is -1.59. The molecule has 0 spiro atoms. The third-order valence-corrected chi connectivity index (χ3v) is 2.61. The van der Waals surface area contributed by atoms with Gasteiger partial charge in [-0.3, -0.25) is 0 Å². The van der Waals surface area contributed by atoms with Crippen molar-refractivity contribution in [3.8, 4) is 0 Å². The van der Waals surface area contributed by atoms with Crippen LogP contribution in [0.4, 0.5) is 4.79 Å². The van der Waals surface area contributed by atoms with Gasteiger partial charge in [-0.15, -0.1) is 0 Å². The van der Waals surface area contributed by atoms with Crippen molar-refractivity contribution < 1.29 is 19.1 Å². The van der Waals surface area contributed by atoms with Crippen molar-refractivity contribution in [3.05, 3.63) is 0 Å². The van der Waals surface area contributed by atoms with Crippen molar-refractivity contribution in [3.63, 3.8) is 0 Å². The first-order valence-electron chi connectivity index (χ1n) is 5.86. The molecule has 0 bridgehead atoms. The number of carbonyl (C=O) groups excluding carboxylic acids is 2. The fourth-order valence-electron chi connectivity index (χ4n) is 1.76. The second kappa shape index (κ2) is 5.04. The van der Waals surface area contributed by atoms with Gasteiger partial charge >= 0.3 is 6.09 Å². The number of nitrogens with one attached hydrogen (secondary N) is 1. The maximum absolute atomic E-state index is 11.6. The van der Waals surface area contributed by atoms with Crippen LogP contribution in [-0.4, -0.2) is 36.2 Å². The van der Waals surface area contributed by atoms with E-state index in [1.165, 1.54) is 0 Å². The number of ether oxygens (including phenoxy) is 2. The minimum absolute atomic E-state index is 0.271. The summed E-state index contributed by atoms with van der Waals surface area (Å²) in [5.74, 6) is 0. The third-order valence-electron chi connectivity index (χ3n) is 2.61. The van der Waals surface area contributed by atoms with Crippen LogP contribution in [0.5, 0.6) is 0 Å². The maximum Gasteiger partial charge on any atom is 0.408 e. The summed E-state index contributed by atoms with van der Waals surface area (Å²) in [6.07, 6.45) is 1.53. The maximum atomic E-state index is 11.6. The van der Waals surface area contributed by atoms with Crippen molar-refractivity contribution in [1.29, 1.82) is 0 Å². The molecule has 17 heavy (non-hydrogen) atoms. The van der Waals surface area contributed by atoms with Crippen molar-refractivity contribution in [2.75, 3.05) is 6.61 Å². The first kappa shape index (κ1) is 14.0. The van der Waals surface area contributed by atoms with Gasteiger partial charge < -0.3 is 19.6 Å². The molecule has 98 valence electrons. The molecular weight excluding hydrogens is 222 g/mol. The van der Waals surface area contributed by atoms with Crippen LogP contribution in [0.1, 0.15) is 40.5 Å². The fraction of sp³-hybridized carbons (Fsp3) is 0.833. The molecule has 1 fully saturated rings. The fourth-order valence-corrected chi connectivity index (χ4v) is 1.76. The molecule has 1 rings (SSSR count). The van der Waals surface area contributed by atoms with E-state index in [9.17, 15) is 9.59 Å². The van der Waals surface area contributed by atoms with Gasteiger partial charge in [0, 0.05) is 6.61 Å². The van der Waals surface area contributed by atoms with Gasteiger partial charge in [-0.25, -0.2) is 4.79 Å². The van der Waals surface area contributed by atoms with Crippen LogP contribution < -0.4 is 5.32 Å². The largest absolute Gasteiger partial charge is 0.444 e. The molecule has 0 aromatic rings. The van der Waals surface area contributed by atoms with Crippen molar-refractivity contribution in [2.45, 2.75) is 57.8 Å². The first-order chi connectivity index (χ1) is 7.77. The summed E-state index contributed by atoms with van der Waals surface area (Å²) < 4.78 is 10.6. The second-order valence-corrected chi connectivity index (χ2v) is 5.53. The predicted octanol–water partition coefficient (Wildman–Crippen LogP) is 1.65. The van der Waals surface area contributed by atoms with Crippen molar-refractivity contribution >= 4 is 12.4 Å². The van der Waals surface area contributed by atoms with E-state index in [-0.39, 0.29) is 6.10 Å². The highest BCUT2D eigenvalue weighted by Crippen LogP contribution is 2.23. The van der Waals surface area contributed by atoms with Gasteiger partial charge in [0.15, 0.2) is 0 Å². The lowest BCUT2D eigenvalue weighted by Gasteiger charge is -2.31. The Labute approximate surface area is 102 Å². The molecule has 1 heterocycles. The van der Waals surface area contributed by atoms with Gasteiger partial charge in [0.2, 0.25) is 0 Å². The van der Waals surface area contributed by atoms with Gasteiger partial charge in [-0.2, -0.15) is 0 Å². The van der Waals surface area contributed by atoms with E-state index >= 15 is 0 Å². The molecule has 5 heteroatoms. The summed E-state index contributed by atoms with van der Waals surface area (Å²) in [5, 5.41) is 2.59. The van der Waals surface area contributed by atoms with Gasteiger partial charge in [0.1, 0.15) is 17.4 Å². The number of hydrogen-bond acceptors (Lipinski definition) is 4. The standard InChI is InChI=1S/C12H21NO4/c1-11(2,3)17-10(15)13-12(4,8-14)9-6-5-7-16-9/h8-9H,5-7H2,1-4H3,(H,13,15). The summed E-state index contributed by atoms with van der Waals surface area (Å²) in [6, 6.07) is 0. The summed E-state index contributed by atoms with van der Waals surface area (Å²) >= 11 is 0. The lowest BCUT2D eigenvalue weighted by atomic mass is 9.94. The molecule has 0 aromatic heterocycles. The number of amides is 1. The zero-order valence-electron chi connectivity index (χ0n) is 10.9. The van der Waals surface area contributed by atoms with Crippen LogP contribution in [0.15, 0.2) is 0 Å². The molecule has 1 aliphatic rings. The van der Waals surface area contributed by atoms with Gasteiger partial charge in [-0.05, 0) is 40.5 Å². The second-order valence-electron chi connectivity index (χ2n) is 5.53. The zero-order chi connectivity index (χ0) is 13.1. The van der Waals surface area contributed by atoms with E-state index in [4.69, 9.17) is 9.47 Å². The van der Waals surface area contributed by atoms with Gasteiger partial charge in [0.05, 0.1) is 6.10 Å². The summed E-state index contributed by atoms with van der Waals surface area (Å²) in [4.78, 5) is 22.8. The molecule has 1 N–H and O–H groups in total. The summed E-state index contributed by atoms with van der Waals surface area (Å²) in [7, 11) is 0. The monoisotopic (exact) mass is 243 g/mol. The number of hydrogen-bond donors (Lipinski definition) is 1. The van der Waals surface area contributed by atoms with E-state index in [1.54, 1.807) is 27.7 Å². The van der Waals surface area contributed by atoms with Crippen LogP contribution >= 0.6 is 0 Å². The van der Waals surface area contributed by atoms with Crippen molar-refractivity contribution in [2.24, 2.45) is 0 Å². The predicted molar refractivity (Wildman–Crippen MR) is 62.8 cm³/mol. The van der Waals surface area contributed by atoms with Crippen molar-refractivity contribution in [1.82, 2.24) is 5.32 Å². The van der Waals surface area contributed by atoms with Gasteiger partial charge in [-0.1, -0.05) is 0 Å². The molecular formula is C12H21NO4. The van der Waals surface area contributed by atoms with E-state index < -0.39 is 17.2 Å². The van der Waals surface area contributed by atoms with Crippen LogP contribution in [0.3, 0.4) is 0 Å². The van der Waals surface area contributed by atoms with Crippen LogP contribution in [0.2, 0.25) is 0 Å². The average Bonchev–Trinajstić information content (AvgIpc) is 2.67. The van der Waals surface area contributed by atoms with Crippen LogP contribution in [-0.2, 0) is 14.3 Å². The Morgan fingerprint density at radius 1 is 1.41 bits per heavy atom. The van der Waals surface area contributed by atoms with Gasteiger partial charge in [0.25, 0.3) is 0 Å². The molecule has 5 nitrogen and oxygen atoms in total. The quantitative estimate of drug-likeness (QED) is 0.765. The molecule has 2 atom stereocenters. The topological polar surface area (TPSA) is 64.6 Å². The van der Waals surface area contributed by atoms with E-state index in [0.717, 1.165) is 12.8 Å². The van der Waals surface area contributed by atoms with Crippen LogP contribution in [0, 0.1) is 0 Å². The highest BCUT2D eigenvalue weighted by Gasteiger charge is 2.39. The molecule has 2 unspecified atom stereocenters. The van der Waals surface area contributed by atoms with Crippen LogP contribution in [0.25, 0.3) is 0 Å². The van der Waals surface area contributed by atoms with E-state index in [1.807, 2.05) is 0 Å². The first-order valence-corrected chi connectivity index (χ1v) is 5.86. The molecule has 1 aliphatic heterocycles. The Bertz CT molecular complexity index is 291. The number of aldehydes is 1. The molecule has 1 saturated heterocycles. The minimum atomic E-state index is -1.02. The molecule has 1 amide bonds.